The predicted octanol–water partition coefficient (Wildman–Crippen LogP) is 2.84. The minimum Gasteiger partial charge on any atom is -0.493 e. The first-order valence-corrected chi connectivity index (χ1v) is 9.99. The minimum absolute atomic E-state index is 0.0223. The van der Waals surface area contributed by atoms with Crippen LogP contribution in [0.15, 0.2) is 40.8 Å². The summed E-state index contributed by atoms with van der Waals surface area (Å²) in [5, 5.41) is 2.99. The summed E-state index contributed by atoms with van der Waals surface area (Å²) >= 11 is 0. The third-order valence-electron chi connectivity index (χ3n) is 5.00. The Balaban J connectivity index is 1.40. The number of para-hydroxylation sites is 2. The molecule has 1 saturated heterocycles. The highest BCUT2D eigenvalue weighted by atomic mass is 16.5. The Labute approximate surface area is 171 Å². The lowest BCUT2D eigenvalue weighted by atomic mass is 9.98. The highest BCUT2D eigenvalue weighted by Crippen LogP contribution is 2.25. The van der Waals surface area contributed by atoms with Crippen molar-refractivity contribution >= 4 is 5.91 Å². The van der Waals surface area contributed by atoms with Gasteiger partial charge in [-0.15, -0.1) is 0 Å². The summed E-state index contributed by atoms with van der Waals surface area (Å²) in [6.45, 7) is 3.88. The van der Waals surface area contributed by atoms with Crippen LogP contribution >= 0.6 is 0 Å². The van der Waals surface area contributed by atoms with Crippen molar-refractivity contribution in [1.29, 1.82) is 0 Å². The Kier molecular flexibility index (Phi) is 7.95. The molecule has 1 aliphatic heterocycles. The van der Waals surface area contributed by atoms with Gasteiger partial charge in [-0.2, -0.15) is 0 Å². The lowest BCUT2D eigenvalue weighted by molar-refractivity contribution is -0.123. The Hall–Kier alpha value is -2.51. The third-order valence-corrected chi connectivity index (χ3v) is 5.00. The predicted molar refractivity (Wildman–Crippen MR) is 109 cm³/mol. The molecule has 0 spiro atoms. The number of likely N-dealkylation sites (tertiary alicyclic amines) is 1. The van der Waals surface area contributed by atoms with Gasteiger partial charge in [0.2, 0.25) is 0 Å². The first-order valence-electron chi connectivity index (χ1n) is 9.99. The van der Waals surface area contributed by atoms with E-state index in [4.69, 9.17) is 18.6 Å². The average Bonchev–Trinajstić information content (AvgIpc) is 3.18. The van der Waals surface area contributed by atoms with Crippen LogP contribution in [-0.4, -0.2) is 51.3 Å². The molecule has 1 aromatic carbocycles. The van der Waals surface area contributed by atoms with E-state index in [0.29, 0.717) is 30.6 Å². The third kappa shape index (κ3) is 6.51. The highest BCUT2D eigenvalue weighted by molar-refractivity contribution is 5.77. The van der Waals surface area contributed by atoms with Gasteiger partial charge in [-0.05, 0) is 49.6 Å². The number of hydrogen-bond acceptors (Lipinski definition) is 6. The zero-order chi connectivity index (χ0) is 20.5. The molecule has 2 aromatic rings. The molecule has 1 N–H and O–H groups in total. The maximum Gasteiger partial charge on any atom is 0.257 e. The van der Waals surface area contributed by atoms with E-state index < -0.39 is 0 Å². The summed E-state index contributed by atoms with van der Waals surface area (Å²) in [4.78, 5) is 14.6. The molecule has 1 aromatic heterocycles. The van der Waals surface area contributed by atoms with Gasteiger partial charge in [-0.25, -0.2) is 0 Å². The quantitative estimate of drug-likeness (QED) is 0.659. The Morgan fingerprint density at radius 1 is 1.17 bits per heavy atom. The van der Waals surface area contributed by atoms with E-state index in [9.17, 15) is 4.79 Å². The molecule has 7 nitrogen and oxygen atoms in total. The molecular formula is C22H30N2O5. The standard InChI is InChI=1S/C22H30N2O5/c1-26-15-19-10-9-18(29-19)14-24-11-5-6-17(13-24)12-23-22(25)16-28-21-8-4-3-7-20(21)27-2/h3-4,7-10,17H,5-6,11-16H2,1-2H3,(H,23,25)/t17-/m1/s1. The van der Waals surface area contributed by atoms with Gasteiger partial charge >= 0.3 is 0 Å². The molecule has 1 atom stereocenters. The molecule has 0 bridgehead atoms. The number of carbonyl (C=O) groups excluding carboxylic acids is 1. The number of furan rings is 1. The molecule has 7 heteroatoms. The van der Waals surface area contributed by atoms with Gasteiger partial charge in [0.25, 0.3) is 5.91 Å². The largest absolute Gasteiger partial charge is 0.493 e. The fourth-order valence-corrected chi connectivity index (χ4v) is 3.60. The van der Waals surface area contributed by atoms with Crippen LogP contribution in [0.4, 0.5) is 0 Å². The number of nitrogens with zero attached hydrogens (tertiary/aromatic N) is 1. The second-order valence-corrected chi connectivity index (χ2v) is 7.29. The summed E-state index contributed by atoms with van der Waals surface area (Å²) in [5.41, 5.74) is 0. The minimum atomic E-state index is -0.122. The molecule has 1 fully saturated rings. The van der Waals surface area contributed by atoms with Crippen molar-refractivity contribution in [2.75, 3.05) is 40.5 Å². The van der Waals surface area contributed by atoms with Crippen molar-refractivity contribution in [2.24, 2.45) is 5.92 Å². The van der Waals surface area contributed by atoms with Crippen molar-refractivity contribution in [3.05, 3.63) is 47.9 Å². The number of piperidine rings is 1. The van der Waals surface area contributed by atoms with Gasteiger partial charge in [0, 0.05) is 20.2 Å². The van der Waals surface area contributed by atoms with Crippen molar-refractivity contribution in [2.45, 2.75) is 26.0 Å². The fraction of sp³-hybridized carbons (Fsp3) is 0.500. The molecule has 0 unspecified atom stereocenters. The molecular weight excluding hydrogens is 372 g/mol. The van der Waals surface area contributed by atoms with Crippen LogP contribution in [0.5, 0.6) is 11.5 Å². The smallest absolute Gasteiger partial charge is 0.257 e. The van der Waals surface area contributed by atoms with Crippen LogP contribution < -0.4 is 14.8 Å². The zero-order valence-electron chi connectivity index (χ0n) is 17.2. The number of carbonyl (C=O) groups is 1. The van der Waals surface area contributed by atoms with Gasteiger partial charge in [-0.3, -0.25) is 9.69 Å². The van der Waals surface area contributed by atoms with Crippen molar-refractivity contribution < 1.29 is 23.4 Å². The SMILES string of the molecule is COCc1ccc(CN2CCC[C@H](CNC(=O)COc3ccccc3OC)C2)o1. The maximum absolute atomic E-state index is 12.2. The summed E-state index contributed by atoms with van der Waals surface area (Å²) < 4.78 is 21.7. The highest BCUT2D eigenvalue weighted by Gasteiger charge is 2.21. The number of hydrogen-bond donors (Lipinski definition) is 1. The van der Waals surface area contributed by atoms with E-state index in [0.717, 1.165) is 44.0 Å². The summed E-state index contributed by atoms with van der Waals surface area (Å²) in [5.74, 6) is 3.29. The van der Waals surface area contributed by atoms with Crippen LogP contribution in [-0.2, 0) is 22.7 Å². The first-order chi connectivity index (χ1) is 14.2. The van der Waals surface area contributed by atoms with Crippen LogP contribution in [0.2, 0.25) is 0 Å². The lowest BCUT2D eigenvalue weighted by Gasteiger charge is -2.32. The molecule has 158 valence electrons. The molecule has 29 heavy (non-hydrogen) atoms. The van der Waals surface area contributed by atoms with Gasteiger partial charge in [0.15, 0.2) is 18.1 Å². The molecule has 0 aliphatic carbocycles. The topological polar surface area (TPSA) is 73.2 Å². The number of methoxy groups -OCH3 is 2. The number of rotatable bonds is 10. The van der Waals surface area contributed by atoms with E-state index in [1.807, 2.05) is 24.3 Å². The molecule has 0 saturated carbocycles. The number of ether oxygens (including phenoxy) is 3. The van der Waals surface area contributed by atoms with Crippen LogP contribution in [0, 0.1) is 5.92 Å². The van der Waals surface area contributed by atoms with Crippen LogP contribution in [0.3, 0.4) is 0 Å². The molecule has 1 aliphatic rings. The Bertz CT molecular complexity index is 776. The summed E-state index contributed by atoms with van der Waals surface area (Å²) in [7, 11) is 3.24. The Morgan fingerprint density at radius 2 is 1.97 bits per heavy atom. The van der Waals surface area contributed by atoms with Crippen molar-refractivity contribution in [1.82, 2.24) is 10.2 Å². The first kappa shape index (κ1) is 21.2. The van der Waals surface area contributed by atoms with E-state index in [1.165, 1.54) is 0 Å². The second kappa shape index (κ2) is 10.9. The second-order valence-electron chi connectivity index (χ2n) is 7.29. The van der Waals surface area contributed by atoms with E-state index in [1.54, 1.807) is 26.4 Å². The average molecular weight is 402 g/mol. The molecule has 3 rings (SSSR count). The monoisotopic (exact) mass is 402 g/mol. The van der Waals surface area contributed by atoms with Gasteiger partial charge in [0.05, 0.1) is 13.7 Å². The van der Waals surface area contributed by atoms with E-state index in [-0.39, 0.29) is 12.5 Å². The van der Waals surface area contributed by atoms with Gasteiger partial charge < -0.3 is 23.9 Å². The number of benzene rings is 1. The normalized spacial score (nSPS) is 17.1. The van der Waals surface area contributed by atoms with Crippen LogP contribution in [0.1, 0.15) is 24.4 Å². The lowest BCUT2D eigenvalue weighted by Crippen LogP contribution is -2.41. The molecule has 1 amide bonds. The summed E-state index contributed by atoms with van der Waals surface area (Å²) in [6.07, 6.45) is 2.22. The summed E-state index contributed by atoms with van der Waals surface area (Å²) in [6, 6.07) is 11.3. The maximum atomic E-state index is 12.2. The number of amides is 1. The van der Waals surface area contributed by atoms with Gasteiger partial charge in [-0.1, -0.05) is 12.1 Å². The fourth-order valence-electron chi connectivity index (χ4n) is 3.60. The Morgan fingerprint density at radius 3 is 2.76 bits per heavy atom. The van der Waals surface area contributed by atoms with E-state index >= 15 is 0 Å². The molecule has 2 heterocycles. The van der Waals surface area contributed by atoms with Crippen molar-refractivity contribution in [3.63, 3.8) is 0 Å². The zero-order valence-corrected chi connectivity index (χ0v) is 17.2. The van der Waals surface area contributed by atoms with E-state index in [2.05, 4.69) is 10.2 Å². The van der Waals surface area contributed by atoms with Crippen molar-refractivity contribution in [3.8, 4) is 11.5 Å². The number of nitrogens with one attached hydrogen (secondary N) is 1. The molecule has 0 radical (unpaired) electrons. The van der Waals surface area contributed by atoms with Gasteiger partial charge in [0.1, 0.15) is 18.1 Å². The van der Waals surface area contributed by atoms with Crippen LogP contribution in [0.25, 0.3) is 0 Å².